The number of benzene rings is 1. The van der Waals surface area contributed by atoms with Crippen molar-refractivity contribution < 1.29 is 0 Å². The van der Waals surface area contributed by atoms with Crippen LogP contribution < -0.4 is 0 Å². The van der Waals surface area contributed by atoms with Crippen molar-refractivity contribution >= 4 is 0 Å². The summed E-state index contributed by atoms with van der Waals surface area (Å²) in [6, 6.07) is 10.4. The summed E-state index contributed by atoms with van der Waals surface area (Å²) in [6.45, 7) is 7.92. The van der Waals surface area contributed by atoms with Gasteiger partial charge in [-0.05, 0) is 24.0 Å². The topological polar surface area (TPSA) is 0 Å². The van der Waals surface area contributed by atoms with Crippen LogP contribution in [0.15, 0.2) is 66.8 Å². The fourth-order valence-electron chi connectivity index (χ4n) is 2.07. The lowest BCUT2D eigenvalue weighted by atomic mass is 9.82. The molecule has 0 aliphatic rings. The molecule has 0 heteroatoms. The molecule has 0 aliphatic heterocycles. The third kappa shape index (κ3) is 3.50. The Kier molecular flexibility index (Phi) is 5.74. The molecule has 1 rings (SSSR count). The maximum absolute atomic E-state index is 5.71. The molecule has 0 N–H and O–H groups in total. The molecule has 0 fully saturated rings. The van der Waals surface area contributed by atoms with Crippen LogP contribution in [0.25, 0.3) is 0 Å². The SMILES string of the molecule is C#CC(C(/C=C\C)=C/C=C)C(C)c1ccccc1. The van der Waals surface area contributed by atoms with Crippen LogP contribution in [0, 0.1) is 18.3 Å². The number of allylic oxidation sites excluding steroid dienone is 5. The van der Waals surface area contributed by atoms with Crippen molar-refractivity contribution in [2.75, 3.05) is 0 Å². The number of terminal acetylenes is 1. The van der Waals surface area contributed by atoms with Crippen LogP contribution in [-0.4, -0.2) is 0 Å². The van der Waals surface area contributed by atoms with Gasteiger partial charge in [0.1, 0.15) is 0 Å². The number of rotatable bonds is 5. The van der Waals surface area contributed by atoms with Gasteiger partial charge in [0.15, 0.2) is 0 Å². The van der Waals surface area contributed by atoms with Crippen LogP contribution in [0.2, 0.25) is 0 Å². The van der Waals surface area contributed by atoms with Gasteiger partial charge in [-0.15, -0.1) is 6.42 Å². The monoisotopic (exact) mass is 236 g/mol. The Balaban J connectivity index is 3.07. The minimum atomic E-state index is 0.0709. The maximum atomic E-state index is 5.71. The third-order valence-corrected chi connectivity index (χ3v) is 3.03. The molecule has 0 nitrogen and oxygen atoms in total. The zero-order chi connectivity index (χ0) is 13.4. The molecule has 18 heavy (non-hydrogen) atoms. The van der Waals surface area contributed by atoms with Crippen molar-refractivity contribution in [1.29, 1.82) is 0 Å². The predicted molar refractivity (Wildman–Crippen MR) is 80.3 cm³/mol. The van der Waals surface area contributed by atoms with E-state index in [1.807, 2.05) is 37.3 Å². The van der Waals surface area contributed by atoms with Crippen LogP contribution in [0.1, 0.15) is 25.3 Å². The molecule has 1 aromatic rings. The second-order valence-electron chi connectivity index (χ2n) is 4.25. The van der Waals surface area contributed by atoms with Gasteiger partial charge in [0.05, 0.1) is 5.92 Å². The molecule has 2 unspecified atom stereocenters. The number of hydrogen-bond donors (Lipinski definition) is 0. The minimum Gasteiger partial charge on any atom is -0.119 e. The van der Waals surface area contributed by atoms with E-state index in [0.717, 1.165) is 5.57 Å². The summed E-state index contributed by atoms with van der Waals surface area (Å²) in [5, 5.41) is 0. The molecule has 1 aromatic carbocycles. The minimum absolute atomic E-state index is 0.0709. The van der Waals surface area contributed by atoms with Gasteiger partial charge >= 0.3 is 0 Å². The Morgan fingerprint density at radius 1 is 1.33 bits per heavy atom. The van der Waals surface area contributed by atoms with Crippen LogP contribution in [0.5, 0.6) is 0 Å². The van der Waals surface area contributed by atoms with E-state index in [1.165, 1.54) is 5.56 Å². The second-order valence-corrected chi connectivity index (χ2v) is 4.25. The van der Waals surface area contributed by atoms with Gasteiger partial charge in [-0.1, -0.05) is 74.1 Å². The van der Waals surface area contributed by atoms with Gasteiger partial charge in [0, 0.05) is 0 Å². The Bertz CT molecular complexity index is 469. The average Bonchev–Trinajstić information content (AvgIpc) is 2.41. The van der Waals surface area contributed by atoms with Crippen LogP contribution in [0.4, 0.5) is 0 Å². The van der Waals surface area contributed by atoms with E-state index in [4.69, 9.17) is 6.42 Å². The Hall–Kier alpha value is -2.00. The first-order chi connectivity index (χ1) is 8.74. The van der Waals surface area contributed by atoms with E-state index in [2.05, 4.69) is 37.6 Å². The highest BCUT2D eigenvalue weighted by atomic mass is 14.2. The molecule has 0 aliphatic carbocycles. The smallest absolute Gasteiger partial charge is 0.0515 e. The Morgan fingerprint density at radius 3 is 2.50 bits per heavy atom. The largest absolute Gasteiger partial charge is 0.119 e. The number of hydrogen-bond acceptors (Lipinski definition) is 0. The van der Waals surface area contributed by atoms with Crippen molar-refractivity contribution in [3.63, 3.8) is 0 Å². The normalized spacial score (nSPS) is 15.1. The molecule has 0 bridgehead atoms. The fourth-order valence-corrected chi connectivity index (χ4v) is 2.07. The van der Waals surface area contributed by atoms with Crippen LogP contribution >= 0.6 is 0 Å². The molecule has 0 radical (unpaired) electrons. The highest BCUT2D eigenvalue weighted by molar-refractivity contribution is 5.35. The lowest BCUT2D eigenvalue weighted by molar-refractivity contribution is 0.645. The Labute approximate surface area is 111 Å². The zero-order valence-corrected chi connectivity index (χ0v) is 11.1. The molecule has 0 saturated carbocycles. The lowest BCUT2D eigenvalue weighted by Crippen LogP contribution is -2.10. The Morgan fingerprint density at radius 2 is 2.00 bits per heavy atom. The molecule has 92 valence electrons. The fraction of sp³-hybridized carbons (Fsp3) is 0.222. The first-order valence-electron chi connectivity index (χ1n) is 6.21. The van der Waals surface area contributed by atoms with Gasteiger partial charge in [0.2, 0.25) is 0 Å². The first kappa shape index (κ1) is 14.1. The highest BCUT2D eigenvalue weighted by Gasteiger charge is 2.18. The summed E-state index contributed by atoms with van der Waals surface area (Å²) in [5.41, 5.74) is 2.39. The standard InChI is InChI=1S/C18H20/c1-5-11-17(12-6-2)18(7-3)15(4)16-13-9-8-10-14-16/h3,5-6,8-15,18H,1H2,2,4H3/b12-6-,17-11+. The molecule has 0 heterocycles. The summed E-state index contributed by atoms with van der Waals surface area (Å²) >= 11 is 0. The van der Waals surface area contributed by atoms with Crippen molar-refractivity contribution in [3.05, 3.63) is 72.4 Å². The van der Waals surface area contributed by atoms with Gasteiger partial charge in [-0.2, -0.15) is 0 Å². The van der Waals surface area contributed by atoms with Crippen molar-refractivity contribution in [3.8, 4) is 12.3 Å². The summed E-state index contributed by atoms with van der Waals surface area (Å²) in [4.78, 5) is 0. The van der Waals surface area contributed by atoms with Crippen molar-refractivity contribution in [2.24, 2.45) is 5.92 Å². The summed E-state index contributed by atoms with van der Waals surface area (Å²) in [6.07, 6.45) is 13.6. The van der Waals surface area contributed by atoms with Gasteiger partial charge in [0.25, 0.3) is 0 Å². The summed E-state index contributed by atoms with van der Waals surface area (Å²) < 4.78 is 0. The average molecular weight is 236 g/mol. The second kappa shape index (κ2) is 7.35. The van der Waals surface area contributed by atoms with Gasteiger partial charge in [-0.3, -0.25) is 0 Å². The van der Waals surface area contributed by atoms with E-state index in [1.54, 1.807) is 6.08 Å². The van der Waals surface area contributed by atoms with E-state index in [9.17, 15) is 0 Å². The van der Waals surface area contributed by atoms with E-state index in [0.29, 0.717) is 5.92 Å². The quantitative estimate of drug-likeness (QED) is 0.512. The first-order valence-corrected chi connectivity index (χ1v) is 6.21. The molecule has 0 saturated heterocycles. The maximum Gasteiger partial charge on any atom is 0.0515 e. The summed E-state index contributed by atoms with van der Waals surface area (Å²) in [5.74, 6) is 3.26. The predicted octanol–water partition coefficient (Wildman–Crippen LogP) is 4.73. The third-order valence-electron chi connectivity index (χ3n) is 3.03. The molecule has 0 spiro atoms. The molecular weight excluding hydrogens is 216 g/mol. The van der Waals surface area contributed by atoms with Crippen LogP contribution in [0.3, 0.4) is 0 Å². The van der Waals surface area contributed by atoms with Gasteiger partial charge < -0.3 is 0 Å². The molecular formula is C18H20. The van der Waals surface area contributed by atoms with Gasteiger partial charge in [-0.25, -0.2) is 0 Å². The zero-order valence-electron chi connectivity index (χ0n) is 11.1. The lowest BCUT2D eigenvalue weighted by Gasteiger charge is -2.20. The molecule has 2 atom stereocenters. The van der Waals surface area contributed by atoms with E-state index >= 15 is 0 Å². The van der Waals surface area contributed by atoms with Crippen LogP contribution in [-0.2, 0) is 0 Å². The van der Waals surface area contributed by atoms with Crippen molar-refractivity contribution in [2.45, 2.75) is 19.8 Å². The van der Waals surface area contributed by atoms with Crippen molar-refractivity contribution in [1.82, 2.24) is 0 Å². The molecule has 0 aromatic heterocycles. The molecule has 0 amide bonds. The highest BCUT2D eigenvalue weighted by Crippen LogP contribution is 2.30. The van der Waals surface area contributed by atoms with E-state index < -0.39 is 0 Å². The van der Waals surface area contributed by atoms with E-state index in [-0.39, 0.29) is 5.92 Å². The summed E-state index contributed by atoms with van der Waals surface area (Å²) in [7, 11) is 0.